The van der Waals surface area contributed by atoms with Gasteiger partial charge in [0.25, 0.3) is 0 Å². The summed E-state index contributed by atoms with van der Waals surface area (Å²) in [5.74, 6) is -0.0563. The maximum Gasteiger partial charge on any atom is 0.241 e. The van der Waals surface area contributed by atoms with E-state index in [1.807, 2.05) is 13.8 Å². The lowest BCUT2D eigenvalue weighted by Crippen LogP contribution is -2.24. The van der Waals surface area contributed by atoms with Crippen LogP contribution < -0.4 is 11.1 Å². The quantitative estimate of drug-likeness (QED) is 0.697. The number of aryl methyl sites for hydroxylation is 1. The van der Waals surface area contributed by atoms with Crippen LogP contribution in [0.5, 0.6) is 0 Å². The van der Waals surface area contributed by atoms with Crippen molar-refractivity contribution in [1.82, 2.24) is 15.1 Å². The largest absolute Gasteiger partial charge is 0.358 e. The monoisotopic (exact) mass is 196 g/mol. The van der Waals surface area contributed by atoms with Crippen LogP contribution in [0.15, 0.2) is 0 Å². The molecule has 0 aliphatic rings. The van der Waals surface area contributed by atoms with Crippen molar-refractivity contribution in [3.63, 3.8) is 0 Å². The van der Waals surface area contributed by atoms with Crippen LogP contribution in [0.2, 0.25) is 0 Å². The van der Waals surface area contributed by atoms with Gasteiger partial charge in [0.05, 0.1) is 5.69 Å². The predicted octanol–water partition coefficient (Wildman–Crippen LogP) is -0.295. The Morgan fingerprint density at radius 2 is 2.21 bits per heavy atom. The highest BCUT2D eigenvalue weighted by atomic mass is 16.1. The minimum absolute atomic E-state index is 0.0563. The van der Waals surface area contributed by atoms with Crippen LogP contribution in [-0.4, -0.2) is 22.7 Å². The van der Waals surface area contributed by atoms with E-state index in [-0.39, 0.29) is 12.5 Å². The zero-order chi connectivity index (χ0) is 10.7. The van der Waals surface area contributed by atoms with Gasteiger partial charge in [-0.3, -0.25) is 9.48 Å². The van der Waals surface area contributed by atoms with E-state index in [0.29, 0.717) is 6.54 Å². The summed E-state index contributed by atoms with van der Waals surface area (Å²) in [6.07, 6.45) is 0. The molecule has 0 unspecified atom stereocenters. The second kappa shape index (κ2) is 4.23. The van der Waals surface area contributed by atoms with E-state index in [4.69, 9.17) is 5.73 Å². The molecule has 0 saturated carbocycles. The third kappa shape index (κ3) is 1.93. The Hall–Kier alpha value is -1.36. The van der Waals surface area contributed by atoms with Crippen molar-refractivity contribution in [2.24, 2.45) is 5.73 Å². The SMILES string of the molecule is CNC(=O)Cn1nc(C)c(CN)c1C. The first-order chi connectivity index (χ1) is 6.60. The number of aromatic nitrogens is 2. The fraction of sp³-hybridized carbons (Fsp3) is 0.556. The summed E-state index contributed by atoms with van der Waals surface area (Å²) in [4.78, 5) is 11.1. The molecule has 0 fully saturated rings. The van der Waals surface area contributed by atoms with Crippen LogP contribution in [0.4, 0.5) is 0 Å². The molecular formula is C9H16N4O. The molecule has 1 rings (SSSR count). The number of rotatable bonds is 3. The van der Waals surface area contributed by atoms with Gasteiger partial charge in [-0.15, -0.1) is 0 Å². The summed E-state index contributed by atoms with van der Waals surface area (Å²) < 4.78 is 1.68. The molecule has 0 bridgehead atoms. The fourth-order valence-electron chi connectivity index (χ4n) is 1.40. The third-order valence-corrected chi connectivity index (χ3v) is 2.31. The number of nitrogens with one attached hydrogen (secondary N) is 1. The summed E-state index contributed by atoms with van der Waals surface area (Å²) in [6.45, 7) is 4.54. The number of amides is 1. The molecule has 5 nitrogen and oxygen atoms in total. The van der Waals surface area contributed by atoms with Gasteiger partial charge in [0.15, 0.2) is 0 Å². The van der Waals surface area contributed by atoms with Crippen molar-refractivity contribution >= 4 is 5.91 Å². The molecule has 1 heterocycles. The zero-order valence-electron chi connectivity index (χ0n) is 8.79. The lowest BCUT2D eigenvalue weighted by atomic mass is 10.2. The average molecular weight is 196 g/mol. The Morgan fingerprint density at radius 3 is 2.64 bits per heavy atom. The van der Waals surface area contributed by atoms with Crippen molar-refractivity contribution in [2.75, 3.05) is 7.05 Å². The summed E-state index contributed by atoms with van der Waals surface area (Å²) in [5, 5.41) is 6.80. The molecule has 0 aliphatic heterocycles. The predicted molar refractivity (Wildman–Crippen MR) is 53.7 cm³/mol. The van der Waals surface area contributed by atoms with Gasteiger partial charge >= 0.3 is 0 Å². The Morgan fingerprint density at radius 1 is 1.57 bits per heavy atom. The molecule has 0 atom stereocenters. The minimum Gasteiger partial charge on any atom is -0.358 e. The molecular weight excluding hydrogens is 180 g/mol. The first-order valence-corrected chi connectivity index (χ1v) is 4.53. The smallest absolute Gasteiger partial charge is 0.241 e. The van der Waals surface area contributed by atoms with Crippen molar-refractivity contribution in [1.29, 1.82) is 0 Å². The standard InChI is InChI=1S/C9H16N4O/c1-6-8(4-10)7(2)13(12-6)5-9(14)11-3/h4-5,10H2,1-3H3,(H,11,14). The number of likely N-dealkylation sites (N-methyl/N-ethyl adjacent to an activating group) is 1. The van der Waals surface area contributed by atoms with Gasteiger partial charge in [-0.05, 0) is 13.8 Å². The van der Waals surface area contributed by atoms with Crippen LogP contribution in [0.25, 0.3) is 0 Å². The summed E-state index contributed by atoms with van der Waals surface area (Å²) in [7, 11) is 1.61. The Bertz CT molecular complexity index is 343. The summed E-state index contributed by atoms with van der Waals surface area (Å²) in [6, 6.07) is 0. The molecule has 5 heteroatoms. The lowest BCUT2D eigenvalue weighted by molar-refractivity contribution is -0.121. The normalized spacial score (nSPS) is 10.3. The van der Waals surface area contributed by atoms with Gasteiger partial charge in [0, 0.05) is 24.8 Å². The number of hydrogen-bond donors (Lipinski definition) is 2. The van der Waals surface area contributed by atoms with E-state index in [9.17, 15) is 4.79 Å². The fourth-order valence-corrected chi connectivity index (χ4v) is 1.40. The molecule has 0 spiro atoms. The summed E-state index contributed by atoms with van der Waals surface area (Å²) in [5.41, 5.74) is 8.46. The minimum atomic E-state index is -0.0563. The average Bonchev–Trinajstić information content (AvgIpc) is 2.42. The van der Waals surface area contributed by atoms with E-state index in [1.54, 1.807) is 11.7 Å². The van der Waals surface area contributed by atoms with Crippen molar-refractivity contribution in [3.05, 3.63) is 17.0 Å². The topological polar surface area (TPSA) is 72.9 Å². The molecule has 14 heavy (non-hydrogen) atoms. The van der Waals surface area contributed by atoms with E-state index in [0.717, 1.165) is 17.0 Å². The first-order valence-electron chi connectivity index (χ1n) is 4.53. The van der Waals surface area contributed by atoms with E-state index >= 15 is 0 Å². The molecule has 0 radical (unpaired) electrons. The van der Waals surface area contributed by atoms with Gasteiger partial charge < -0.3 is 11.1 Å². The van der Waals surface area contributed by atoms with Crippen molar-refractivity contribution < 1.29 is 4.79 Å². The molecule has 78 valence electrons. The van der Waals surface area contributed by atoms with Crippen LogP contribution in [0.1, 0.15) is 17.0 Å². The number of nitrogens with two attached hydrogens (primary N) is 1. The molecule has 1 aromatic rings. The molecule has 3 N–H and O–H groups in total. The molecule has 0 saturated heterocycles. The van der Waals surface area contributed by atoms with Gasteiger partial charge in [-0.2, -0.15) is 5.10 Å². The number of hydrogen-bond acceptors (Lipinski definition) is 3. The van der Waals surface area contributed by atoms with Crippen molar-refractivity contribution in [3.8, 4) is 0 Å². The second-order valence-corrected chi connectivity index (χ2v) is 3.18. The lowest BCUT2D eigenvalue weighted by Gasteiger charge is -2.03. The van der Waals surface area contributed by atoms with Gasteiger partial charge in [0.1, 0.15) is 6.54 Å². The molecule has 0 aromatic carbocycles. The van der Waals surface area contributed by atoms with Crippen LogP contribution in [0, 0.1) is 13.8 Å². The van der Waals surface area contributed by atoms with Gasteiger partial charge in [0.2, 0.25) is 5.91 Å². The van der Waals surface area contributed by atoms with Crippen LogP contribution >= 0.6 is 0 Å². The highest BCUT2D eigenvalue weighted by Gasteiger charge is 2.11. The maximum atomic E-state index is 11.1. The van der Waals surface area contributed by atoms with Gasteiger partial charge in [-0.1, -0.05) is 0 Å². The number of carbonyl (C=O) groups is 1. The van der Waals surface area contributed by atoms with E-state index < -0.39 is 0 Å². The zero-order valence-corrected chi connectivity index (χ0v) is 8.79. The Labute approximate surface area is 83.3 Å². The molecule has 0 aliphatic carbocycles. The van der Waals surface area contributed by atoms with Crippen LogP contribution in [0.3, 0.4) is 0 Å². The number of nitrogens with zero attached hydrogens (tertiary/aromatic N) is 2. The third-order valence-electron chi connectivity index (χ3n) is 2.31. The Kier molecular flexibility index (Phi) is 3.24. The highest BCUT2D eigenvalue weighted by Crippen LogP contribution is 2.11. The molecule has 1 aromatic heterocycles. The number of carbonyl (C=O) groups excluding carboxylic acids is 1. The molecule has 1 amide bonds. The van der Waals surface area contributed by atoms with Crippen LogP contribution in [-0.2, 0) is 17.9 Å². The first kappa shape index (κ1) is 10.7. The second-order valence-electron chi connectivity index (χ2n) is 3.18. The summed E-state index contributed by atoms with van der Waals surface area (Å²) >= 11 is 0. The van der Waals surface area contributed by atoms with Gasteiger partial charge in [-0.25, -0.2) is 0 Å². The highest BCUT2D eigenvalue weighted by molar-refractivity contribution is 5.75. The van der Waals surface area contributed by atoms with E-state index in [2.05, 4.69) is 10.4 Å². The maximum absolute atomic E-state index is 11.1. The Balaban J connectivity index is 2.93. The van der Waals surface area contributed by atoms with Crippen molar-refractivity contribution in [2.45, 2.75) is 26.9 Å². The van der Waals surface area contributed by atoms with E-state index in [1.165, 1.54) is 0 Å².